The Balaban J connectivity index is 1.69. The molecule has 1 fully saturated rings. The maximum atomic E-state index is 13.6. The number of nitrogens with two attached hydrogens (primary N) is 1. The summed E-state index contributed by atoms with van der Waals surface area (Å²) < 4.78 is 11.7. The van der Waals surface area contributed by atoms with E-state index in [1.165, 1.54) is 18.2 Å². The zero-order chi connectivity index (χ0) is 28.4. The Kier molecular flexibility index (Phi) is 6.84. The van der Waals surface area contributed by atoms with Crippen LogP contribution in [-0.2, 0) is 27.3 Å². The van der Waals surface area contributed by atoms with Crippen LogP contribution in [0.5, 0.6) is 11.5 Å². The van der Waals surface area contributed by atoms with Crippen molar-refractivity contribution in [2.45, 2.75) is 69.0 Å². The van der Waals surface area contributed by atoms with Crippen molar-refractivity contribution in [3.8, 4) is 11.5 Å². The maximum absolute atomic E-state index is 13.6. The molecule has 2 aromatic carbocycles. The van der Waals surface area contributed by atoms with Crippen molar-refractivity contribution >= 4 is 17.3 Å². The Morgan fingerprint density at radius 2 is 1.82 bits per heavy atom. The Hall–Kier alpha value is -3.23. The van der Waals surface area contributed by atoms with Crippen LogP contribution in [0.15, 0.2) is 18.2 Å². The Labute approximate surface area is 222 Å². The molecule has 6 atom stereocenters. The van der Waals surface area contributed by atoms with E-state index < -0.39 is 102 Å². The smallest absolute Gasteiger partial charge is 0.198 e. The van der Waals surface area contributed by atoms with Crippen molar-refractivity contribution in [3.05, 3.63) is 57.1 Å². The normalized spacial score (nSPS) is 29.9. The largest absolute Gasteiger partial charge is 0.507 e. The second-order valence-electron chi connectivity index (χ2n) is 10.3. The van der Waals surface area contributed by atoms with Crippen LogP contribution in [0, 0.1) is 0 Å². The van der Waals surface area contributed by atoms with Crippen LogP contribution in [-0.4, -0.2) is 84.7 Å². The molecule has 5 rings (SSSR count). The van der Waals surface area contributed by atoms with Gasteiger partial charge in [0.2, 0.25) is 0 Å². The molecular formula is C27H29NO11. The number of hydrogen-bond donors (Lipinski definition) is 7. The van der Waals surface area contributed by atoms with Gasteiger partial charge in [-0.1, -0.05) is 18.2 Å². The molecule has 208 valence electrons. The number of phenolic OH excluding ortho intramolecular Hbond substituents is 2. The average molecular weight is 544 g/mol. The van der Waals surface area contributed by atoms with Crippen molar-refractivity contribution in [1.29, 1.82) is 0 Å². The van der Waals surface area contributed by atoms with Crippen LogP contribution in [0.2, 0.25) is 0 Å². The van der Waals surface area contributed by atoms with E-state index in [1.54, 1.807) is 6.92 Å². The number of phenols is 2. The predicted molar refractivity (Wildman–Crippen MR) is 131 cm³/mol. The summed E-state index contributed by atoms with van der Waals surface area (Å²) in [4.78, 5) is 39.7. The highest BCUT2D eigenvalue weighted by molar-refractivity contribution is 6.31. The summed E-state index contributed by atoms with van der Waals surface area (Å²) in [5.74, 6) is -4.00. The van der Waals surface area contributed by atoms with E-state index in [0.29, 0.717) is 0 Å². The third kappa shape index (κ3) is 4.16. The highest BCUT2D eigenvalue weighted by atomic mass is 16.7. The first-order valence-corrected chi connectivity index (χ1v) is 12.5. The predicted octanol–water partition coefficient (Wildman–Crippen LogP) is -0.515. The lowest BCUT2D eigenvalue weighted by molar-refractivity contribution is -0.247. The quantitative estimate of drug-likeness (QED) is 0.202. The molecule has 2 aromatic rings. The number of hydrogen-bond acceptors (Lipinski definition) is 12. The lowest BCUT2D eigenvalue weighted by Crippen LogP contribution is -2.53. The van der Waals surface area contributed by atoms with E-state index in [-0.39, 0.29) is 34.2 Å². The first-order valence-electron chi connectivity index (χ1n) is 12.5. The monoisotopic (exact) mass is 543 g/mol. The van der Waals surface area contributed by atoms with Gasteiger partial charge in [0.25, 0.3) is 0 Å². The number of benzene rings is 2. The number of Topliss-reactive ketones (excluding diaryl/α,β-unsaturated/α-hetero) is 1. The summed E-state index contributed by atoms with van der Waals surface area (Å²) in [6, 6.07) is 3.53. The molecule has 12 nitrogen and oxygen atoms in total. The van der Waals surface area contributed by atoms with Gasteiger partial charge in [0.1, 0.15) is 23.7 Å². The van der Waals surface area contributed by atoms with E-state index in [2.05, 4.69) is 0 Å². The Bertz CT molecular complexity index is 1380. The van der Waals surface area contributed by atoms with Gasteiger partial charge in [-0.05, 0) is 12.5 Å². The number of aliphatic hydroxyl groups excluding tert-OH is 3. The zero-order valence-corrected chi connectivity index (χ0v) is 21.0. The molecule has 0 amide bonds. The van der Waals surface area contributed by atoms with E-state index in [4.69, 9.17) is 15.2 Å². The number of carbonyl (C=O) groups is 3. The Morgan fingerprint density at radius 3 is 2.46 bits per heavy atom. The first kappa shape index (κ1) is 27.3. The lowest BCUT2D eigenvalue weighted by atomic mass is 9.71. The third-order valence-corrected chi connectivity index (χ3v) is 7.88. The second kappa shape index (κ2) is 9.75. The number of rotatable bonds is 5. The molecular weight excluding hydrogens is 514 g/mol. The van der Waals surface area contributed by atoms with Crippen LogP contribution in [0.3, 0.4) is 0 Å². The molecule has 0 aromatic heterocycles. The van der Waals surface area contributed by atoms with Crippen molar-refractivity contribution in [2.24, 2.45) is 5.73 Å². The highest BCUT2D eigenvalue weighted by Gasteiger charge is 2.50. The van der Waals surface area contributed by atoms with Gasteiger partial charge >= 0.3 is 0 Å². The molecule has 0 bridgehead atoms. The minimum Gasteiger partial charge on any atom is -0.507 e. The van der Waals surface area contributed by atoms with Crippen LogP contribution in [0.25, 0.3) is 0 Å². The molecule has 3 aliphatic rings. The first-order chi connectivity index (χ1) is 18.4. The summed E-state index contributed by atoms with van der Waals surface area (Å²) >= 11 is 0. The summed E-state index contributed by atoms with van der Waals surface area (Å²) in [5, 5.41) is 63.4. The molecule has 12 heteroatoms. The van der Waals surface area contributed by atoms with Gasteiger partial charge in [0.15, 0.2) is 23.6 Å². The van der Waals surface area contributed by atoms with Gasteiger partial charge in [-0.2, -0.15) is 0 Å². The van der Waals surface area contributed by atoms with Crippen molar-refractivity contribution in [1.82, 2.24) is 0 Å². The molecule has 0 spiro atoms. The molecule has 39 heavy (non-hydrogen) atoms. The van der Waals surface area contributed by atoms with Gasteiger partial charge in [-0.3, -0.25) is 14.4 Å². The van der Waals surface area contributed by atoms with E-state index in [1.807, 2.05) is 0 Å². The molecule has 0 saturated carbocycles. The van der Waals surface area contributed by atoms with Crippen molar-refractivity contribution in [3.63, 3.8) is 0 Å². The molecule has 8 N–H and O–H groups in total. The number of carbonyl (C=O) groups excluding carboxylic acids is 3. The molecule has 0 radical (unpaired) electrons. The molecule has 1 unspecified atom stereocenters. The number of fused-ring (bicyclic) bond motifs is 3. The summed E-state index contributed by atoms with van der Waals surface area (Å²) in [6.45, 7) is -0.0137. The van der Waals surface area contributed by atoms with Gasteiger partial charge in [-0.25, -0.2) is 0 Å². The van der Waals surface area contributed by atoms with E-state index >= 15 is 0 Å². The minimum absolute atomic E-state index is 0.00600. The number of aromatic hydroxyl groups is 2. The average Bonchev–Trinajstić information content (AvgIpc) is 2.90. The fraction of sp³-hybridized carbons (Fsp3) is 0.444. The van der Waals surface area contributed by atoms with Crippen LogP contribution < -0.4 is 5.73 Å². The van der Waals surface area contributed by atoms with Crippen LogP contribution in [0.4, 0.5) is 0 Å². The number of ether oxygens (including phenoxy) is 2. The fourth-order valence-electron chi connectivity index (χ4n) is 5.81. The standard InChI is InChI=1S/C27H29NO11/c1-10-22(32)14(28)5-17(38-10)39-15-7-27(37,16(31)9-30)6-13-19(15)26(36)21-20(24(13)34)23(33)12-4-2-3-11(8-29)18(12)25(21)35/h2-4,10,14-15,17,22,29-30,32,34,36-37H,5-9,28H2,1H3/t10-,14-,15?,17-,22+,27-/m0/s1. The van der Waals surface area contributed by atoms with Crippen molar-refractivity contribution < 1.29 is 54.5 Å². The summed E-state index contributed by atoms with van der Waals surface area (Å²) in [6.07, 6.45) is -5.21. The van der Waals surface area contributed by atoms with Gasteiger partial charge in [0, 0.05) is 47.6 Å². The summed E-state index contributed by atoms with van der Waals surface area (Å²) in [5.41, 5.74) is 2.35. The van der Waals surface area contributed by atoms with Gasteiger partial charge in [0.05, 0.1) is 36.0 Å². The van der Waals surface area contributed by atoms with Crippen LogP contribution in [0.1, 0.15) is 74.4 Å². The zero-order valence-electron chi connectivity index (χ0n) is 21.0. The third-order valence-electron chi connectivity index (χ3n) is 7.88. The van der Waals surface area contributed by atoms with Crippen molar-refractivity contribution in [2.75, 3.05) is 6.61 Å². The van der Waals surface area contributed by atoms with Gasteiger partial charge < -0.3 is 45.8 Å². The van der Waals surface area contributed by atoms with Crippen LogP contribution >= 0.6 is 0 Å². The maximum Gasteiger partial charge on any atom is 0.198 e. The minimum atomic E-state index is -2.25. The fourth-order valence-corrected chi connectivity index (χ4v) is 5.81. The van der Waals surface area contributed by atoms with E-state index in [9.17, 15) is 45.0 Å². The summed E-state index contributed by atoms with van der Waals surface area (Å²) in [7, 11) is 0. The lowest BCUT2D eigenvalue weighted by Gasteiger charge is -2.42. The Morgan fingerprint density at radius 1 is 1.13 bits per heavy atom. The highest BCUT2D eigenvalue weighted by Crippen LogP contribution is 2.52. The molecule has 1 saturated heterocycles. The SMILES string of the molecule is C[C@@H]1O[C@@H](OC2C[C@](O)(C(=O)CO)Cc3c(O)c4c(c(O)c32)C(=O)c2c(CO)cccc2C4=O)C[C@H](N)[C@@H]1O. The number of aliphatic hydroxyl groups is 4. The molecule has 1 aliphatic heterocycles. The van der Waals surface area contributed by atoms with E-state index in [0.717, 1.165) is 0 Å². The second-order valence-corrected chi connectivity index (χ2v) is 10.3. The number of ketones is 3. The topological polar surface area (TPSA) is 217 Å². The molecule has 2 aliphatic carbocycles. The molecule has 1 heterocycles. The van der Waals surface area contributed by atoms with Gasteiger partial charge in [-0.15, -0.1) is 0 Å².